The average molecular weight is 256 g/mol. The number of phenolic OH excluding ortho intramolecular Hbond substituents is 1. The molecule has 3 nitrogen and oxygen atoms in total. The number of aromatic hydroxyl groups is 1. The molecule has 1 heterocycles. The van der Waals surface area contributed by atoms with Gasteiger partial charge in [-0.05, 0) is 38.0 Å². The second-order valence-electron chi connectivity index (χ2n) is 5.08. The fraction of sp³-hybridized carbons (Fsp3) is 0.312. The Kier molecular flexibility index (Phi) is 4.05. The van der Waals surface area contributed by atoms with Gasteiger partial charge in [-0.25, -0.2) is 4.99 Å². The molecule has 1 aliphatic heterocycles. The highest BCUT2D eigenvalue weighted by Crippen LogP contribution is 2.36. The molecule has 0 bridgehead atoms. The molecule has 1 aliphatic rings. The minimum Gasteiger partial charge on any atom is -0.507 e. The molecule has 1 N–H and O–H groups in total. The lowest BCUT2D eigenvalue weighted by atomic mass is 9.98. The van der Waals surface area contributed by atoms with Crippen molar-refractivity contribution in [1.82, 2.24) is 4.90 Å². The first-order valence-electron chi connectivity index (χ1n) is 6.49. The SMILES string of the molecule is CC(C)=CC=C1CCN(C)C=Nc2cccc(O)c21. The number of phenols is 1. The number of rotatable bonds is 1. The Hall–Kier alpha value is -2.03. The molecule has 0 fully saturated rings. The van der Waals surface area contributed by atoms with E-state index in [1.165, 1.54) is 5.57 Å². The van der Waals surface area contributed by atoms with Crippen molar-refractivity contribution in [2.24, 2.45) is 4.99 Å². The van der Waals surface area contributed by atoms with Gasteiger partial charge in [-0.1, -0.05) is 23.8 Å². The lowest BCUT2D eigenvalue weighted by Crippen LogP contribution is -2.18. The second kappa shape index (κ2) is 5.74. The summed E-state index contributed by atoms with van der Waals surface area (Å²) in [6.07, 6.45) is 6.87. The summed E-state index contributed by atoms with van der Waals surface area (Å²) in [6, 6.07) is 5.47. The molecule has 19 heavy (non-hydrogen) atoms. The highest BCUT2D eigenvalue weighted by atomic mass is 16.3. The van der Waals surface area contributed by atoms with Crippen LogP contribution in [0.3, 0.4) is 0 Å². The smallest absolute Gasteiger partial charge is 0.125 e. The molecular formula is C16H20N2O. The van der Waals surface area contributed by atoms with Crippen LogP contribution in [0, 0.1) is 0 Å². The van der Waals surface area contributed by atoms with Crippen LogP contribution in [0.4, 0.5) is 5.69 Å². The molecule has 1 aromatic carbocycles. The van der Waals surface area contributed by atoms with Crippen molar-refractivity contribution in [3.63, 3.8) is 0 Å². The highest BCUT2D eigenvalue weighted by molar-refractivity contribution is 5.82. The van der Waals surface area contributed by atoms with Gasteiger partial charge in [0.05, 0.1) is 12.0 Å². The Morgan fingerprint density at radius 3 is 2.89 bits per heavy atom. The Balaban J connectivity index is 2.56. The van der Waals surface area contributed by atoms with Crippen molar-refractivity contribution >= 4 is 17.6 Å². The van der Waals surface area contributed by atoms with Crippen LogP contribution in [0.25, 0.3) is 5.57 Å². The highest BCUT2D eigenvalue weighted by Gasteiger charge is 2.14. The zero-order valence-corrected chi connectivity index (χ0v) is 11.7. The predicted octanol–water partition coefficient (Wildman–Crippen LogP) is 3.74. The molecule has 0 spiro atoms. The number of nitrogens with zero attached hydrogens (tertiary/aromatic N) is 2. The summed E-state index contributed by atoms with van der Waals surface area (Å²) in [6.45, 7) is 5.02. The van der Waals surface area contributed by atoms with E-state index in [-0.39, 0.29) is 0 Å². The number of hydrogen-bond acceptors (Lipinski definition) is 3. The Morgan fingerprint density at radius 2 is 2.16 bits per heavy atom. The van der Waals surface area contributed by atoms with Crippen LogP contribution in [0.5, 0.6) is 5.75 Å². The first kappa shape index (κ1) is 13.4. The molecular weight excluding hydrogens is 236 g/mol. The maximum atomic E-state index is 10.1. The maximum absolute atomic E-state index is 10.1. The van der Waals surface area contributed by atoms with Gasteiger partial charge in [0.25, 0.3) is 0 Å². The Morgan fingerprint density at radius 1 is 1.37 bits per heavy atom. The van der Waals surface area contributed by atoms with E-state index < -0.39 is 0 Å². The number of aliphatic imine (C=N–C) groups is 1. The zero-order valence-electron chi connectivity index (χ0n) is 11.7. The summed E-state index contributed by atoms with van der Waals surface area (Å²) in [5.74, 6) is 0.299. The molecule has 100 valence electrons. The van der Waals surface area contributed by atoms with E-state index in [1.807, 2.05) is 25.5 Å². The van der Waals surface area contributed by atoms with E-state index in [9.17, 15) is 5.11 Å². The second-order valence-corrected chi connectivity index (χ2v) is 5.08. The first-order valence-corrected chi connectivity index (χ1v) is 6.49. The van der Waals surface area contributed by atoms with E-state index in [2.05, 4.69) is 35.9 Å². The van der Waals surface area contributed by atoms with Gasteiger partial charge in [0, 0.05) is 19.2 Å². The number of benzene rings is 1. The fourth-order valence-electron chi connectivity index (χ4n) is 2.04. The van der Waals surface area contributed by atoms with Gasteiger partial charge < -0.3 is 10.0 Å². The maximum Gasteiger partial charge on any atom is 0.125 e. The van der Waals surface area contributed by atoms with Crippen molar-refractivity contribution in [3.05, 3.63) is 41.5 Å². The van der Waals surface area contributed by atoms with Gasteiger partial charge in [0.15, 0.2) is 0 Å². The summed E-state index contributed by atoms with van der Waals surface area (Å²) in [5, 5.41) is 10.1. The largest absolute Gasteiger partial charge is 0.507 e. The molecule has 0 amide bonds. The van der Waals surface area contributed by atoms with Crippen molar-refractivity contribution in [2.75, 3.05) is 13.6 Å². The summed E-state index contributed by atoms with van der Waals surface area (Å²) in [7, 11) is 2.01. The van der Waals surface area contributed by atoms with E-state index in [0.717, 1.165) is 29.8 Å². The summed E-state index contributed by atoms with van der Waals surface area (Å²) in [5.41, 5.74) is 4.03. The molecule has 3 heteroatoms. The minimum atomic E-state index is 0.299. The first-order chi connectivity index (χ1) is 9.08. The lowest BCUT2D eigenvalue weighted by molar-refractivity contribution is 0.472. The van der Waals surface area contributed by atoms with Crippen LogP contribution in [0.2, 0.25) is 0 Å². The molecule has 0 saturated heterocycles. The standard InChI is InChI=1S/C16H20N2O/c1-12(2)7-8-13-9-10-18(3)11-17-14-5-4-6-15(19)16(13)14/h4-8,11,19H,9-10H2,1-3H3. The van der Waals surface area contributed by atoms with Crippen LogP contribution in [0.15, 0.2) is 40.9 Å². The monoisotopic (exact) mass is 256 g/mol. The number of allylic oxidation sites excluding steroid dienone is 3. The average Bonchev–Trinajstić information content (AvgIpc) is 2.35. The fourth-order valence-corrected chi connectivity index (χ4v) is 2.04. The van der Waals surface area contributed by atoms with E-state index in [0.29, 0.717) is 5.75 Å². The van der Waals surface area contributed by atoms with E-state index in [1.54, 1.807) is 6.07 Å². The summed E-state index contributed by atoms with van der Waals surface area (Å²) in [4.78, 5) is 6.50. The van der Waals surface area contributed by atoms with Crippen molar-refractivity contribution in [1.29, 1.82) is 0 Å². The van der Waals surface area contributed by atoms with Crippen molar-refractivity contribution in [3.8, 4) is 5.75 Å². The molecule has 1 aromatic rings. The Bertz CT molecular complexity index is 552. The van der Waals surface area contributed by atoms with Crippen LogP contribution in [0.1, 0.15) is 25.8 Å². The third-order valence-electron chi connectivity index (χ3n) is 3.09. The van der Waals surface area contributed by atoms with Gasteiger partial charge in [0.2, 0.25) is 0 Å². The van der Waals surface area contributed by atoms with Crippen molar-refractivity contribution in [2.45, 2.75) is 20.3 Å². The van der Waals surface area contributed by atoms with Crippen LogP contribution in [-0.2, 0) is 0 Å². The molecule has 0 atom stereocenters. The van der Waals surface area contributed by atoms with E-state index in [4.69, 9.17) is 0 Å². The molecule has 0 saturated carbocycles. The number of fused-ring (bicyclic) bond motifs is 1. The third-order valence-corrected chi connectivity index (χ3v) is 3.09. The molecule has 0 aromatic heterocycles. The van der Waals surface area contributed by atoms with Gasteiger partial charge in [0.1, 0.15) is 5.75 Å². The zero-order chi connectivity index (χ0) is 13.8. The van der Waals surface area contributed by atoms with Gasteiger partial charge in [-0.15, -0.1) is 0 Å². The Labute approximate surface area is 114 Å². The minimum absolute atomic E-state index is 0.299. The lowest BCUT2D eigenvalue weighted by Gasteiger charge is -2.20. The normalized spacial score (nSPS) is 16.8. The third kappa shape index (κ3) is 3.25. The number of hydrogen-bond donors (Lipinski definition) is 1. The van der Waals surface area contributed by atoms with Gasteiger partial charge in [-0.2, -0.15) is 0 Å². The molecule has 2 rings (SSSR count). The van der Waals surface area contributed by atoms with Crippen LogP contribution in [-0.4, -0.2) is 29.9 Å². The van der Waals surface area contributed by atoms with Crippen molar-refractivity contribution < 1.29 is 5.11 Å². The van der Waals surface area contributed by atoms with Gasteiger partial charge in [-0.3, -0.25) is 0 Å². The van der Waals surface area contributed by atoms with Gasteiger partial charge >= 0.3 is 0 Å². The van der Waals surface area contributed by atoms with E-state index >= 15 is 0 Å². The van der Waals surface area contributed by atoms with Crippen LogP contribution >= 0.6 is 0 Å². The summed E-state index contributed by atoms with van der Waals surface area (Å²) < 4.78 is 0. The molecule has 0 radical (unpaired) electrons. The topological polar surface area (TPSA) is 35.8 Å². The quantitative estimate of drug-likeness (QED) is 0.831. The van der Waals surface area contributed by atoms with Crippen LogP contribution < -0.4 is 0 Å². The predicted molar refractivity (Wildman–Crippen MR) is 80.9 cm³/mol. The summed E-state index contributed by atoms with van der Waals surface area (Å²) >= 11 is 0. The molecule has 0 aliphatic carbocycles. The molecule has 0 unspecified atom stereocenters.